The molecule has 0 spiro atoms. The molecule has 0 aromatic heterocycles. The molecular formula is C24H38O4. The van der Waals surface area contributed by atoms with E-state index in [1.807, 2.05) is 13.8 Å². The van der Waals surface area contributed by atoms with Crippen molar-refractivity contribution >= 4 is 5.97 Å². The van der Waals surface area contributed by atoms with Crippen LogP contribution in [0, 0.1) is 23.7 Å². The molecule has 1 aliphatic carbocycles. The second kappa shape index (κ2) is 8.31. The number of esters is 1. The first-order valence-corrected chi connectivity index (χ1v) is 11.1. The summed E-state index contributed by atoms with van der Waals surface area (Å²) in [6.07, 6.45) is 4.33. The first-order valence-electron chi connectivity index (χ1n) is 11.1. The molecule has 1 N–H and O–H groups in total. The summed E-state index contributed by atoms with van der Waals surface area (Å²) in [5.41, 5.74) is 1.34. The quantitative estimate of drug-likeness (QED) is 0.553. The summed E-state index contributed by atoms with van der Waals surface area (Å²) < 4.78 is 12.8. The topological polar surface area (TPSA) is 55.8 Å². The van der Waals surface area contributed by atoms with Crippen LogP contribution >= 0.6 is 0 Å². The normalized spacial score (nSPS) is 41.2. The van der Waals surface area contributed by atoms with Crippen LogP contribution in [0.25, 0.3) is 0 Å². The van der Waals surface area contributed by atoms with Gasteiger partial charge in [0.2, 0.25) is 0 Å². The highest BCUT2D eigenvalue weighted by atomic mass is 16.6. The molecule has 3 fully saturated rings. The van der Waals surface area contributed by atoms with Crippen LogP contribution in [0.3, 0.4) is 0 Å². The maximum atomic E-state index is 12.5. The molecule has 4 heteroatoms. The molecule has 4 nitrogen and oxygen atoms in total. The summed E-state index contributed by atoms with van der Waals surface area (Å²) in [5, 5.41) is 10.6. The van der Waals surface area contributed by atoms with Crippen molar-refractivity contribution in [2.45, 2.75) is 96.6 Å². The van der Waals surface area contributed by atoms with Crippen molar-refractivity contribution in [1.29, 1.82) is 0 Å². The molecule has 0 aromatic rings. The highest BCUT2D eigenvalue weighted by Gasteiger charge is 2.58. The fraction of sp³-hybridized carbons (Fsp3) is 0.792. The second-order valence-electron chi connectivity index (χ2n) is 9.76. The lowest BCUT2D eigenvalue weighted by Gasteiger charge is -2.45. The van der Waals surface area contributed by atoms with Gasteiger partial charge in [0, 0.05) is 18.3 Å². The van der Waals surface area contributed by atoms with Gasteiger partial charge in [-0.3, -0.25) is 4.79 Å². The Bertz CT molecular complexity index is 624. The molecule has 3 rings (SSSR count). The van der Waals surface area contributed by atoms with E-state index in [9.17, 15) is 9.90 Å². The zero-order valence-corrected chi connectivity index (χ0v) is 18.1. The second-order valence-corrected chi connectivity index (χ2v) is 9.76. The van der Waals surface area contributed by atoms with Gasteiger partial charge in [0.15, 0.2) is 0 Å². The average molecular weight is 391 g/mol. The van der Waals surface area contributed by atoms with Gasteiger partial charge in [-0.2, -0.15) is 0 Å². The summed E-state index contributed by atoms with van der Waals surface area (Å²) >= 11 is 0. The zero-order valence-electron chi connectivity index (χ0n) is 18.1. The third-order valence-corrected chi connectivity index (χ3v) is 7.36. The van der Waals surface area contributed by atoms with Gasteiger partial charge in [0.25, 0.3) is 0 Å². The number of carbonyl (C=O) groups is 1. The number of aliphatic hydroxyl groups excluding tert-OH is 1. The highest BCUT2D eigenvalue weighted by molar-refractivity contribution is 5.69. The number of carbonyl (C=O) groups excluding carboxylic acids is 1. The molecule has 2 bridgehead atoms. The van der Waals surface area contributed by atoms with Crippen LogP contribution in [0.4, 0.5) is 0 Å². The van der Waals surface area contributed by atoms with Gasteiger partial charge in [0.1, 0.15) is 11.7 Å². The van der Waals surface area contributed by atoms with Crippen LogP contribution in [0.2, 0.25) is 0 Å². The van der Waals surface area contributed by atoms with Gasteiger partial charge in [-0.05, 0) is 62.9 Å². The predicted molar refractivity (Wildman–Crippen MR) is 111 cm³/mol. The Hall–Kier alpha value is -1.13. The average Bonchev–Trinajstić information content (AvgIpc) is 3.01. The van der Waals surface area contributed by atoms with Crippen LogP contribution in [0.1, 0.15) is 72.6 Å². The standard InChI is InChI=1S/C24H38O4/c1-7-8-20(26)28-24(6)12-11-18(25)16(5)13-19-21-15(4)9-10-17(14(2)3)22(21)23(24)27-19/h14,17-19,21-23,25H,4-5,7-13H2,1-3,6H3/t17-,18+,19+,21-,22-,23-,24-/m1/s1. The molecule has 3 aliphatic rings. The van der Waals surface area contributed by atoms with Crippen molar-refractivity contribution in [3.05, 3.63) is 24.3 Å². The minimum absolute atomic E-state index is 0.0338. The molecule has 158 valence electrons. The van der Waals surface area contributed by atoms with Crippen LogP contribution in [0.15, 0.2) is 24.3 Å². The number of fused-ring (bicyclic) bond motifs is 5. The Balaban J connectivity index is 2.02. The monoisotopic (exact) mass is 390 g/mol. The molecule has 2 heterocycles. The van der Waals surface area contributed by atoms with Crippen molar-refractivity contribution < 1.29 is 19.4 Å². The van der Waals surface area contributed by atoms with Crippen LogP contribution in [-0.4, -0.2) is 35.0 Å². The van der Waals surface area contributed by atoms with E-state index in [1.165, 1.54) is 5.57 Å². The minimum Gasteiger partial charge on any atom is -0.457 e. The highest BCUT2D eigenvalue weighted by Crippen LogP contribution is 2.55. The molecule has 0 unspecified atom stereocenters. The van der Waals surface area contributed by atoms with E-state index in [2.05, 4.69) is 27.0 Å². The maximum Gasteiger partial charge on any atom is 0.306 e. The third kappa shape index (κ3) is 3.95. The summed E-state index contributed by atoms with van der Waals surface area (Å²) in [4.78, 5) is 12.5. The molecule has 1 saturated carbocycles. The number of hydrogen-bond acceptors (Lipinski definition) is 4. The molecule has 0 aromatic carbocycles. The number of hydrogen-bond donors (Lipinski definition) is 1. The predicted octanol–water partition coefficient (Wildman–Crippen LogP) is 4.81. The summed E-state index contributed by atoms with van der Waals surface area (Å²) in [6, 6.07) is 0. The zero-order chi connectivity index (χ0) is 20.6. The third-order valence-electron chi connectivity index (χ3n) is 7.36. The van der Waals surface area contributed by atoms with E-state index >= 15 is 0 Å². The van der Waals surface area contributed by atoms with E-state index in [-0.39, 0.29) is 24.1 Å². The molecule has 7 atom stereocenters. The van der Waals surface area contributed by atoms with Crippen LogP contribution in [-0.2, 0) is 14.3 Å². The lowest BCUT2D eigenvalue weighted by atomic mass is 9.61. The Morgan fingerprint density at radius 2 is 2.04 bits per heavy atom. The first-order chi connectivity index (χ1) is 13.2. The Morgan fingerprint density at radius 3 is 2.68 bits per heavy atom. The molecular weight excluding hydrogens is 352 g/mol. The van der Waals surface area contributed by atoms with Crippen molar-refractivity contribution in [1.82, 2.24) is 0 Å². The van der Waals surface area contributed by atoms with Crippen molar-refractivity contribution in [3.63, 3.8) is 0 Å². The summed E-state index contributed by atoms with van der Waals surface area (Å²) in [7, 11) is 0. The molecule has 28 heavy (non-hydrogen) atoms. The Labute approximate surface area is 170 Å². The van der Waals surface area contributed by atoms with Gasteiger partial charge >= 0.3 is 5.97 Å². The van der Waals surface area contributed by atoms with Gasteiger partial charge in [-0.25, -0.2) is 0 Å². The fourth-order valence-electron chi connectivity index (χ4n) is 5.83. The largest absolute Gasteiger partial charge is 0.457 e. The van der Waals surface area contributed by atoms with Gasteiger partial charge in [-0.1, -0.05) is 39.5 Å². The number of rotatable bonds is 4. The summed E-state index contributed by atoms with van der Waals surface area (Å²) in [6.45, 7) is 17.1. The summed E-state index contributed by atoms with van der Waals surface area (Å²) in [5.74, 6) is 1.44. The van der Waals surface area contributed by atoms with Gasteiger partial charge in [-0.15, -0.1) is 0 Å². The Kier molecular flexibility index (Phi) is 6.41. The SMILES string of the molecule is C=C1CC[C@H](C(C)C)[C@@H]2[C@H]1[C@@H]1CC(=C)[C@@H](O)CC[C@@](C)(OC(=O)CCC)[C@@H]2O1. The van der Waals surface area contributed by atoms with Crippen molar-refractivity contribution in [2.24, 2.45) is 23.7 Å². The first kappa shape index (κ1) is 21.6. The molecule has 2 aliphatic heterocycles. The fourth-order valence-corrected chi connectivity index (χ4v) is 5.83. The lowest BCUT2D eigenvalue weighted by Crippen LogP contribution is -2.51. The molecule has 2 saturated heterocycles. The maximum absolute atomic E-state index is 12.5. The van der Waals surface area contributed by atoms with E-state index < -0.39 is 11.7 Å². The molecule has 0 amide bonds. The van der Waals surface area contributed by atoms with E-state index in [0.29, 0.717) is 43.4 Å². The van der Waals surface area contributed by atoms with Gasteiger partial charge < -0.3 is 14.6 Å². The Morgan fingerprint density at radius 1 is 1.32 bits per heavy atom. The van der Waals surface area contributed by atoms with Crippen molar-refractivity contribution in [3.8, 4) is 0 Å². The van der Waals surface area contributed by atoms with E-state index in [1.54, 1.807) is 0 Å². The van der Waals surface area contributed by atoms with Crippen molar-refractivity contribution in [2.75, 3.05) is 0 Å². The van der Waals surface area contributed by atoms with Crippen LogP contribution in [0.5, 0.6) is 0 Å². The lowest BCUT2D eigenvalue weighted by molar-refractivity contribution is -0.181. The van der Waals surface area contributed by atoms with E-state index in [0.717, 1.165) is 24.8 Å². The van der Waals surface area contributed by atoms with Gasteiger partial charge in [0.05, 0.1) is 12.2 Å². The van der Waals surface area contributed by atoms with E-state index in [4.69, 9.17) is 9.47 Å². The smallest absolute Gasteiger partial charge is 0.306 e. The minimum atomic E-state index is -0.736. The molecule has 0 radical (unpaired) electrons. The number of ether oxygens (including phenoxy) is 2. The number of aliphatic hydroxyl groups is 1. The van der Waals surface area contributed by atoms with Crippen LogP contribution < -0.4 is 0 Å².